The fraction of sp³-hybridized carbons (Fsp3) is 0.933. The molecule has 0 N–H and O–H groups in total. The molecule has 1 aliphatic rings. The highest BCUT2D eigenvalue weighted by Crippen LogP contribution is 2.24. The molecule has 100 valence electrons. The smallest absolute Gasteiger partial charge is 0.149 e. The second kappa shape index (κ2) is 7.86. The summed E-state index contributed by atoms with van der Waals surface area (Å²) in [5.74, 6) is 1.57. The first-order valence-corrected chi connectivity index (χ1v) is 7.42. The summed E-state index contributed by atoms with van der Waals surface area (Å²) in [5.41, 5.74) is 0. The van der Waals surface area contributed by atoms with Gasteiger partial charge >= 0.3 is 0 Å². The van der Waals surface area contributed by atoms with E-state index in [9.17, 15) is 4.79 Å². The molecule has 0 amide bonds. The lowest BCUT2D eigenvalue weighted by molar-refractivity contribution is -0.125. The third-order valence-corrected chi connectivity index (χ3v) is 4.15. The van der Waals surface area contributed by atoms with Gasteiger partial charge in [-0.1, -0.05) is 46.5 Å². The summed E-state index contributed by atoms with van der Waals surface area (Å²) in [5, 5.41) is 0. The van der Waals surface area contributed by atoms with E-state index >= 15 is 0 Å². The molecule has 1 rings (SSSR count). The fourth-order valence-corrected chi connectivity index (χ4v) is 2.65. The normalized spacial score (nSPS) is 19.5. The lowest BCUT2D eigenvalue weighted by Gasteiger charge is -2.26. The molecule has 0 aromatic carbocycles. The van der Waals surface area contributed by atoms with Crippen molar-refractivity contribution in [3.63, 3.8) is 0 Å². The standard InChI is InChI=1S/C15H29NO/c1-4-13(3)11-16(5-2)12-15(17)14-9-7-6-8-10-14/h13-14H,4-12H2,1-3H3. The van der Waals surface area contributed by atoms with Gasteiger partial charge in [0.15, 0.2) is 0 Å². The minimum absolute atomic E-state index is 0.370. The molecule has 2 heteroatoms. The number of hydrogen-bond donors (Lipinski definition) is 0. The van der Waals surface area contributed by atoms with Gasteiger partial charge in [0.25, 0.3) is 0 Å². The van der Waals surface area contributed by atoms with Gasteiger partial charge in [0, 0.05) is 12.5 Å². The molecule has 0 spiro atoms. The van der Waals surface area contributed by atoms with E-state index in [0.29, 0.717) is 24.2 Å². The molecular formula is C15H29NO. The Morgan fingerprint density at radius 1 is 1.24 bits per heavy atom. The molecule has 17 heavy (non-hydrogen) atoms. The van der Waals surface area contributed by atoms with Crippen LogP contribution in [0.5, 0.6) is 0 Å². The maximum absolute atomic E-state index is 12.2. The monoisotopic (exact) mass is 239 g/mol. The molecule has 1 aliphatic carbocycles. The van der Waals surface area contributed by atoms with Crippen molar-refractivity contribution in [1.29, 1.82) is 0 Å². The van der Waals surface area contributed by atoms with E-state index in [1.54, 1.807) is 0 Å². The van der Waals surface area contributed by atoms with Crippen LogP contribution in [0.1, 0.15) is 59.3 Å². The predicted octanol–water partition coefficient (Wildman–Crippen LogP) is 3.50. The first-order valence-electron chi connectivity index (χ1n) is 7.42. The molecule has 1 unspecified atom stereocenters. The van der Waals surface area contributed by atoms with E-state index in [1.807, 2.05) is 0 Å². The molecule has 0 aliphatic heterocycles. The van der Waals surface area contributed by atoms with Crippen molar-refractivity contribution in [3.8, 4) is 0 Å². The molecule has 2 nitrogen and oxygen atoms in total. The largest absolute Gasteiger partial charge is 0.298 e. The van der Waals surface area contributed by atoms with Crippen LogP contribution < -0.4 is 0 Å². The third-order valence-electron chi connectivity index (χ3n) is 4.15. The molecule has 0 saturated heterocycles. The van der Waals surface area contributed by atoms with Crippen LogP contribution >= 0.6 is 0 Å². The van der Waals surface area contributed by atoms with Gasteiger partial charge in [0.05, 0.1) is 6.54 Å². The summed E-state index contributed by atoms with van der Waals surface area (Å²) >= 11 is 0. The summed E-state index contributed by atoms with van der Waals surface area (Å²) < 4.78 is 0. The zero-order valence-corrected chi connectivity index (χ0v) is 11.9. The van der Waals surface area contributed by atoms with Crippen molar-refractivity contribution in [2.45, 2.75) is 59.3 Å². The highest BCUT2D eigenvalue weighted by atomic mass is 16.1. The lowest BCUT2D eigenvalue weighted by Crippen LogP contribution is -2.36. The number of carbonyl (C=O) groups excluding carboxylic acids is 1. The molecule has 0 aromatic rings. The van der Waals surface area contributed by atoms with Crippen molar-refractivity contribution in [2.75, 3.05) is 19.6 Å². The first kappa shape index (κ1) is 14.7. The van der Waals surface area contributed by atoms with Crippen LogP contribution in [0.15, 0.2) is 0 Å². The zero-order valence-electron chi connectivity index (χ0n) is 11.9. The van der Waals surface area contributed by atoms with Crippen molar-refractivity contribution in [2.24, 2.45) is 11.8 Å². The number of hydrogen-bond acceptors (Lipinski definition) is 2. The van der Waals surface area contributed by atoms with Gasteiger partial charge in [0.2, 0.25) is 0 Å². The van der Waals surface area contributed by atoms with Crippen molar-refractivity contribution >= 4 is 5.78 Å². The minimum Gasteiger partial charge on any atom is -0.298 e. The van der Waals surface area contributed by atoms with E-state index < -0.39 is 0 Å². The SMILES string of the molecule is CCC(C)CN(CC)CC(=O)C1CCCCC1. The number of nitrogens with zero attached hydrogens (tertiary/aromatic N) is 1. The molecule has 0 radical (unpaired) electrons. The van der Waals surface area contributed by atoms with E-state index in [4.69, 9.17) is 0 Å². The van der Waals surface area contributed by atoms with Gasteiger partial charge in [0.1, 0.15) is 5.78 Å². The number of likely N-dealkylation sites (N-methyl/N-ethyl adjacent to an activating group) is 1. The second-order valence-corrected chi connectivity index (χ2v) is 5.64. The number of rotatable bonds is 7. The van der Waals surface area contributed by atoms with Gasteiger partial charge in [-0.15, -0.1) is 0 Å². The molecule has 0 bridgehead atoms. The Bertz CT molecular complexity index is 221. The fourth-order valence-electron chi connectivity index (χ4n) is 2.65. The molecule has 0 aromatic heterocycles. The Labute approximate surface area is 107 Å². The molecule has 1 atom stereocenters. The average molecular weight is 239 g/mol. The van der Waals surface area contributed by atoms with E-state index in [-0.39, 0.29) is 0 Å². The highest BCUT2D eigenvalue weighted by molar-refractivity contribution is 5.83. The quantitative estimate of drug-likeness (QED) is 0.677. The molecular weight excluding hydrogens is 210 g/mol. The van der Waals surface area contributed by atoms with Gasteiger partial charge in [-0.25, -0.2) is 0 Å². The molecule has 0 heterocycles. The van der Waals surface area contributed by atoms with Gasteiger partial charge < -0.3 is 0 Å². The van der Waals surface area contributed by atoms with Crippen LogP contribution in [-0.4, -0.2) is 30.3 Å². The van der Waals surface area contributed by atoms with Crippen LogP contribution in [0, 0.1) is 11.8 Å². The van der Waals surface area contributed by atoms with Crippen molar-refractivity contribution < 1.29 is 4.79 Å². The topological polar surface area (TPSA) is 20.3 Å². The summed E-state index contributed by atoms with van der Waals surface area (Å²) in [6.45, 7) is 9.42. The first-order chi connectivity index (χ1) is 8.17. The van der Waals surface area contributed by atoms with Crippen LogP contribution in [0.25, 0.3) is 0 Å². The van der Waals surface area contributed by atoms with Crippen LogP contribution in [-0.2, 0) is 4.79 Å². The molecule has 1 saturated carbocycles. The lowest BCUT2D eigenvalue weighted by atomic mass is 9.86. The number of Topliss-reactive ketones (excluding diaryl/α,β-unsaturated/α-hetero) is 1. The Morgan fingerprint density at radius 2 is 1.88 bits per heavy atom. The Kier molecular flexibility index (Phi) is 6.79. The summed E-state index contributed by atoms with van der Waals surface area (Å²) in [6.07, 6.45) is 7.32. The second-order valence-electron chi connectivity index (χ2n) is 5.64. The van der Waals surface area contributed by atoms with Crippen LogP contribution in [0.2, 0.25) is 0 Å². The van der Waals surface area contributed by atoms with Gasteiger partial charge in [-0.05, 0) is 25.3 Å². The summed E-state index contributed by atoms with van der Waals surface area (Å²) in [7, 11) is 0. The highest BCUT2D eigenvalue weighted by Gasteiger charge is 2.22. The van der Waals surface area contributed by atoms with E-state index in [0.717, 1.165) is 25.9 Å². The summed E-state index contributed by atoms with van der Waals surface area (Å²) in [4.78, 5) is 14.5. The Morgan fingerprint density at radius 3 is 2.41 bits per heavy atom. The third kappa shape index (κ3) is 5.20. The number of ketones is 1. The Balaban J connectivity index is 2.35. The number of carbonyl (C=O) groups is 1. The van der Waals surface area contributed by atoms with Crippen LogP contribution in [0.4, 0.5) is 0 Å². The minimum atomic E-state index is 0.370. The maximum atomic E-state index is 12.2. The maximum Gasteiger partial charge on any atom is 0.149 e. The van der Waals surface area contributed by atoms with Crippen molar-refractivity contribution in [1.82, 2.24) is 4.90 Å². The summed E-state index contributed by atoms with van der Waals surface area (Å²) in [6, 6.07) is 0. The van der Waals surface area contributed by atoms with Crippen LogP contribution in [0.3, 0.4) is 0 Å². The molecule has 1 fully saturated rings. The van der Waals surface area contributed by atoms with E-state index in [1.165, 1.54) is 25.7 Å². The van der Waals surface area contributed by atoms with Gasteiger partial charge in [-0.2, -0.15) is 0 Å². The Hall–Kier alpha value is -0.370. The average Bonchev–Trinajstić information content (AvgIpc) is 2.38. The zero-order chi connectivity index (χ0) is 12.7. The predicted molar refractivity (Wildman–Crippen MR) is 73.2 cm³/mol. The van der Waals surface area contributed by atoms with Crippen molar-refractivity contribution in [3.05, 3.63) is 0 Å². The van der Waals surface area contributed by atoms with E-state index in [2.05, 4.69) is 25.7 Å². The van der Waals surface area contributed by atoms with Gasteiger partial charge in [-0.3, -0.25) is 9.69 Å².